The van der Waals surface area contributed by atoms with Crippen LogP contribution in [0, 0.1) is 11.8 Å². The van der Waals surface area contributed by atoms with E-state index >= 15 is 0 Å². The summed E-state index contributed by atoms with van der Waals surface area (Å²) in [6.45, 7) is 2.07. The number of ether oxygens (including phenoxy) is 1. The molecule has 1 saturated carbocycles. The molecule has 0 amide bonds. The molecule has 0 aliphatic heterocycles. The van der Waals surface area contributed by atoms with Gasteiger partial charge in [-0.3, -0.25) is 9.59 Å². The van der Waals surface area contributed by atoms with Gasteiger partial charge in [-0.1, -0.05) is 19.1 Å². The fourth-order valence-electron chi connectivity index (χ4n) is 2.25. The van der Waals surface area contributed by atoms with Crippen LogP contribution in [0.5, 0.6) is 0 Å². The fourth-order valence-corrected chi connectivity index (χ4v) is 2.25. The topological polar surface area (TPSA) is 43.4 Å². The molecule has 1 aliphatic carbocycles. The van der Waals surface area contributed by atoms with Crippen molar-refractivity contribution in [1.82, 2.24) is 0 Å². The second-order valence-corrected chi connectivity index (χ2v) is 4.27. The van der Waals surface area contributed by atoms with Crippen molar-refractivity contribution in [2.45, 2.75) is 39.0 Å². The van der Waals surface area contributed by atoms with Crippen molar-refractivity contribution in [3.63, 3.8) is 0 Å². The first-order valence-electron chi connectivity index (χ1n) is 5.93. The molecular weight excluding hydrogens is 243 g/mol. The van der Waals surface area contributed by atoms with E-state index in [1.807, 2.05) is 0 Å². The normalized spacial score (nSPS) is 23.8. The Balaban J connectivity index is 0. The van der Waals surface area contributed by atoms with E-state index in [9.17, 15) is 9.59 Å². The van der Waals surface area contributed by atoms with Crippen molar-refractivity contribution >= 4 is 11.8 Å². The van der Waals surface area contributed by atoms with Gasteiger partial charge >= 0.3 is 57.4 Å². The first-order valence-corrected chi connectivity index (χ1v) is 5.93. The Hall–Kier alpha value is 0.516. The van der Waals surface area contributed by atoms with E-state index in [0.717, 1.165) is 19.3 Å². The van der Waals surface area contributed by atoms with Crippen molar-refractivity contribution in [2.24, 2.45) is 11.8 Å². The van der Waals surface area contributed by atoms with Gasteiger partial charge in [0.1, 0.15) is 5.78 Å². The number of allylic oxidation sites excluding steroid dienone is 2. The Morgan fingerprint density at radius 3 is 2.82 bits per heavy atom. The van der Waals surface area contributed by atoms with Crippen LogP contribution in [0.1, 0.15) is 40.5 Å². The third-order valence-corrected chi connectivity index (χ3v) is 3.19. The molecule has 2 unspecified atom stereocenters. The Morgan fingerprint density at radius 1 is 1.53 bits per heavy atom. The first-order chi connectivity index (χ1) is 7.69. The molecule has 0 bridgehead atoms. The molecule has 0 aromatic carbocycles. The molecule has 0 saturated heterocycles. The van der Waals surface area contributed by atoms with E-state index in [4.69, 9.17) is 0 Å². The zero-order chi connectivity index (χ0) is 12.0. The fraction of sp³-hybridized carbons (Fsp3) is 0.692. The molecule has 2 atom stereocenters. The Bertz CT molecular complexity index is 292. The maximum atomic E-state index is 11.7. The molecule has 4 heteroatoms. The van der Waals surface area contributed by atoms with Crippen LogP contribution in [0.15, 0.2) is 12.2 Å². The molecule has 0 aromatic rings. The van der Waals surface area contributed by atoms with Crippen LogP contribution >= 0.6 is 0 Å². The Labute approximate surface area is 147 Å². The van der Waals surface area contributed by atoms with Gasteiger partial charge in [-0.2, -0.15) is 0 Å². The predicted octanol–water partition coefficient (Wildman–Crippen LogP) is -0.382. The zero-order valence-electron chi connectivity index (χ0n) is 12.1. The summed E-state index contributed by atoms with van der Waals surface area (Å²) in [6, 6.07) is 0. The second-order valence-electron chi connectivity index (χ2n) is 4.27. The Morgan fingerprint density at radius 2 is 2.24 bits per heavy atom. The molecule has 0 heterocycles. The van der Waals surface area contributed by atoms with Crippen molar-refractivity contribution in [3.8, 4) is 0 Å². The van der Waals surface area contributed by atoms with E-state index in [0.29, 0.717) is 18.6 Å². The molecule has 1 fully saturated rings. The summed E-state index contributed by atoms with van der Waals surface area (Å²) in [7, 11) is 1.39. The number of rotatable bonds is 5. The average Bonchev–Trinajstić information content (AvgIpc) is 2.61. The molecule has 0 aromatic heterocycles. The molecule has 1 rings (SSSR count). The van der Waals surface area contributed by atoms with Crippen LogP contribution in [0.4, 0.5) is 0 Å². The van der Waals surface area contributed by atoms with Gasteiger partial charge < -0.3 is 6.16 Å². The quantitative estimate of drug-likeness (QED) is 0.386. The van der Waals surface area contributed by atoms with Crippen LogP contribution in [-0.2, 0) is 14.3 Å². The van der Waals surface area contributed by atoms with E-state index in [1.54, 1.807) is 0 Å². The molecular formula is C13H21KO3. The molecule has 17 heavy (non-hydrogen) atoms. The number of esters is 1. The van der Waals surface area contributed by atoms with Gasteiger partial charge in [0.05, 0.1) is 7.11 Å². The van der Waals surface area contributed by atoms with Gasteiger partial charge in [-0.25, -0.2) is 0 Å². The third kappa shape index (κ3) is 5.79. The summed E-state index contributed by atoms with van der Waals surface area (Å²) in [5, 5.41) is 0. The van der Waals surface area contributed by atoms with E-state index < -0.39 is 0 Å². The van der Waals surface area contributed by atoms with Crippen LogP contribution in [-0.4, -0.2) is 18.9 Å². The summed E-state index contributed by atoms with van der Waals surface area (Å²) < 4.78 is 4.65. The molecule has 0 spiro atoms. The summed E-state index contributed by atoms with van der Waals surface area (Å²) in [5.74, 6) is 0.308. The summed E-state index contributed by atoms with van der Waals surface area (Å²) in [4.78, 5) is 22.9. The zero-order valence-corrected chi connectivity index (χ0v) is 14.2. The van der Waals surface area contributed by atoms with Crippen LogP contribution in [0.2, 0.25) is 0 Å². The van der Waals surface area contributed by atoms with Crippen LogP contribution < -0.4 is 51.4 Å². The number of ketones is 1. The summed E-state index contributed by atoms with van der Waals surface area (Å²) in [5.41, 5.74) is 0. The molecule has 1 aliphatic rings. The Kier molecular flexibility index (Phi) is 9.73. The SMILES string of the molecule is CCC=CCC1C(=O)CCC1CC(=O)OC.[H-].[K+]. The summed E-state index contributed by atoms with van der Waals surface area (Å²) in [6.07, 6.45) is 7.72. The number of methoxy groups -OCH3 is 1. The van der Waals surface area contributed by atoms with Gasteiger partial charge in [0, 0.05) is 18.8 Å². The maximum absolute atomic E-state index is 11.7. The summed E-state index contributed by atoms with van der Waals surface area (Å²) >= 11 is 0. The van der Waals surface area contributed by atoms with Gasteiger partial charge in [-0.05, 0) is 25.2 Å². The van der Waals surface area contributed by atoms with Crippen molar-refractivity contribution in [2.75, 3.05) is 7.11 Å². The minimum absolute atomic E-state index is 0. The number of hydrogen-bond donors (Lipinski definition) is 0. The number of carbonyl (C=O) groups is 2. The largest absolute Gasteiger partial charge is 1.00 e. The maximum Gasteiger partial charge on any atom is 1.00 e. The van der Waals surface area contributed by atoms with Crippen molar-refractivity contribution in [3.05, 3.63) is 12.2 Å². The van der Waals surface area contributed by atoms with E-state index in [2.05, 4.69) is 23.8 Å². The third-order valence-electron chi connectivity index (χ3n) is 3.19. The van der Waals surface area contributed by atoms with Gasteiger partial charge in [0.2, 0.25) is 0 Å². The minimum Gasteiger partial charge on any atom is -1.00 e. The van der Waals surface area contributed by atoms with Crippen molar-refractivity contribution < 1.29 is 67.1 Å². The number of carbonyl (C=O) groups excluding carboxylic acids is 2. The smallest absolute Gasteiger partial charge is 1.00 e. The molecule has 0 radical (unpaired) electrons. The number of Topliss-reactive ketones (excluding diaryl/α,β-unsaturated/α-hetero) is 1. The van der Waals surface area contributed by atoms with Crippen LogP contribution in [0.3, 0.4) is 0 Å². The monoisotopic (exact) mass is 264 g/mol. The van der Waals surface area contributed by atoms with E-state index in [-0.39, 0.29) is 70.6 Å². The minimum atomic E-state index is -0.204. The standard InChI is InChI=1S/C13H20O3.K.H/c1-3-4-5-6-11-10(7-8-12(11)14)9-13(15)16-2;;/h4-5,10-11H,3,6-9H2,1-2H3;;/q;+1;-1. The molecule has 0 N–H and O–H groups in total. The van der Waals surface area contributed by atoms with Gasteiger partial charge in [-0.15, -0.1) is 0 Å². The molecule has 92 valence electrons. The second kappa shape index (κ2) is 9.45. The van der Waals surface area contributed by atoms with E-state index in [1.165, 1.54) is 7.11 Å². The number of hydrogen-bond acceptors (Lipinski definition) is 3. The average molecular weight is 264 g/mol. The van der Waals surface area contributed by atoms with Gasteiger partial charge in [0.25, 0.3) is 0 Å². The van der Waals surface area contributed by atoms with Crippen LogP contribution in [0.25, 0.3) is 0 Å². The first kappa shape index (κ1) is 17.5. The van der Waals surface area contributed by atoms with Crippen molar-refractivity contribution in [1.29, 1.82) is 0 Å². The van der Waals surface area contributed by atoms with Gasteiger partial charge in [0.15, 0.2) is 0 Å². The molecule has 3 nitrogen and oxygen atoms in total. The predicted molar refractivity (Wildman–Crippen MR) is 63.0 cm³/mol.